The molecule has 1 N–H and O–H groups in total. The van der Waals surface area contributed by atoms with Crippen LogP contribution in [0.4, 0.5) is 11.4 Å². The average Bonchev–Trinajstić information content (AvgIpc) is 2.76. The van der Waals surface area contributed by atoms with E-state index in [1.54, 1.807) is 6.92 Å². The molecule has 0 saturated carbocycles. The van der Waals surface area contributed by atoms with Gasteiger partial charge in [-0.2, -0.15) is 0 Å². The summed E-state index contributed by atoms with van der Waals surface area (Å²) in [6, 6.07) is 22.1. The molecule has 0 fully saturated rings. The second-order valence-corrected chi connectivity index (χ2v) is 8.54. The van der Waals surface area contributed by atoms with Crippen molar-refractivity contribution in [2.24, 2.45) is 0 Å². The topological polar surface area (TPSA) is 81.5 Å². The van der Waals surface area contributed by atoms with Gasteiger partial charge in [0, 0.05) is 22.0 Å². The van der Waals surface area contributed by atoms with Gasteiger partial charge in [0.15, 0.2) is 6.10 Å². The molecule has 31 heavy (non-hydrogen) atoms. The first-order chi connectivity index (χ1) is 14.7. The maximum Gasteiger partial charge on any atom is 0.270 e. The maximum atomic E-state index is 12.5. The standard InChI is InChI=1S/C24H23BrN2O4/c1-16(23(28)26-22-14-11-19(27(29)30)15-21(22)25)31-20-12-9-18(10-13-20)24(2,3)17-7-5-4-6-8-17/h4-16H,1-3H3,(H,26,28). The van der Waals surface area contributed by atoms with Gasteiger partial charge in [0.1, 0.15) is 5.75 Å². The second kappa shape index (κ2) is 9.31. The number of nitrogens with zero attached hydrogens (tertiary/aromatic N) is 1. The lowest BCUT2D eigenvalue weighted by molar-refractivity contribution is -0.384. The lowest BCUT2D eigenvalue weighted by Gasteiger charge is -2.26. The van der Waals surface area contributed by atoms with E-state index in [2.05, 4.69) is 47.2 Å². The monoisotopic (exact) mass is 482 g/mol. The fourth-order valence-corrected chi connectivity index (χ4v) is 3.65. The molecule has 3 aromatic rings. The molecule has 0 aromatic heterocycles. The van der Waals surface area contributed by atoms with E-state index in [1.807, 2.05) is 42.5 Å². The van der Waals surface area contributed by atoms with E-state index < -0.39 is 11.0 Å². The minimum atomic E-state index is -0.755. The minimum absolute atomic E-state index is 0.0623. The Morgan fingerprint density at radius 1 is 1.03 bits per heavy atom. The zero-order valence-corrected chi connectivity index (χ0v) is 19.0. The van der Waals surface area contributed by atoms with Gasteiger partial charge >= 0.3 is 0 Å². The van der Waals surface area contributed by atoms with Crippen LogP contribution in [0.3, 0.4) is 0 Å². The third-order valence-electron chi connectivity index (χ3n) is 5.17. The fraction of sp³-hybridized carbons (Fsp3) is 0.208. The zero-order valence-electron chi connectivity index (χ0n) is 17.5. The van der Waals surface area contributed by atoms with Gasteiger partial charge in [-0.25, -0.2) is 0 Å². The fourth-order valence-electron chi connectivity index (χ4n) is 3.18. The van der Waals surface area contributed by atoms with Crippen molar-refractivity contribution in [1.82, 2.24) is 0 Å². The number of carbonyl (C=O) groups is 1. The van der Waals surface area contributed by atoms with Gasteiger partial charge in [-0.1, -0.05) is 56.3 Å². The normalized spacial score (nSPS) is 12.1. The van der Waals surface area contributed by atoms with Crippen molar-refractivity contribution in [1.29, 1.82) is 0 Å². The third-order valence-corrected chi connectivity index (χ3v) is 5.83. The van der Waals surface area contributed by atoms with Crippen LogP contribution in [0.1, 0.15) is 31.9 Å². The molecule has 1 unspecified atom stereocenters. The molecule has 1 amide bonds. The maximum absolute atomic E-state index is 12.5. The molecule has 3 aromatic carbocycles. The van der Waals surface area contributed by atoms with E-state index in [9.17, 15) is 14.9 Å². The van der Waals surface area contributed by atoms with Crippen molar-refractivity contribution < 1.29 is 14.5 Å². The number of halogens is 1. The molecule has 0 radical (unpaired) electrons. The highest BCUT2D eigenvalue weighted by molar-refractivity contribution is 9.10. The largest absolute Gasteiger partial charge is 0.481 e. The molecule has 0 heterocycles. The van der Waals surface area contributed by atoms with Crippen LogP contribution in [0.25, 0.3) is 0 Å². The van der Waals surface area contributed by atoms with Gasteiger partial charge in [0.05, 0.1) is 10.6 Å². The Morgan fingerprint density at radius 2 is 1.65 bits per heavy atom. The Kier molecular flexibility index (Phi) is 6.75. The minimum Gasteiger partial charge on any atom is -0.481 e. The summed E-state index contributed by atoms with van der Waals surface area (Å²) in [5, 5.41) is 13.6. The Bertz CT molecular complexity index is 1080. The van der Waals surface area contributed by atoms with Crippen molar-refractivity contribution in [2.75, 3.05) is 5.32 Å². The lowest BCUT2D eigenvalue weighted by Crippen LogP contribution is -2.30. The molecule has 0 aliphatic rings. The van der Waals surface area contributed by atoms with E-state index in [-0.39, 0.29) is 17.0 Å². The number of carbonyl (C=O) groups excluding carboxylic acids is 1. The van der Waals surface area contributed by atoms with Crippen molar-refractivity contribution in [3.63, 3.8) is 0 Å². The van der Waals surface area contributed by atoms with Crippen LogP contribution in [-0.2, 0) is 10.2 Å². The van der Waals surface area contributed by atoms with Gasteiger partial charge in [0.25, 0.3) is 11.6 Å². The first kappa shape index (κ1) is 22.5. The van der Waals surface area contributed by atoms with Gasteiger partial charge in [0.2, 0.25) is 0 Å². The Hall–Kier alpha value is -3.19. The number of amides is 1. The van der Waals surface area contributed by atoms with Crippen LogP contribution in [0.5, 0.6) is 5.75 Å². The summed E-state index contributed by atoms with van der Waals surface area (Å²) in [5.74, 6) is 0.223. The summed E-state index contributed by atoms with van der Waals surface area (Å²) in [6.45, 7) is 5.98. The van der Waals surface area contributed by atoms with E-state index in [1.165, 1.54) is 23.8 Å². The van der Waals surface area contributed by atoms with Gasteiger partial charge in [-0.15, -0.1) is 0 Å². The number of anilines is 1. The van der Waals surface area contributed by atoms with Gasteiger partial charge in [-0.3, -0.25) is 14.9 Å². The molecule has 0 spiro atoms. The highest BCUT2D eigenvalue weighted by Gasteiger charge is 2.23. The number of benzene rings is 3. The number of non-ortho nitro benzene ring substituents is 1. The van der Waals surface area contributed by atoms with Crippen molar-refractivity contribution in [3.8, 4) is 5.75 Å². The number of hydrogen-bond donors (Lipinski definition) is 1. The van der Waals surface area contributed by atoms with Crippen LogP contribution >= 0.6 is 15.9 Å². The van der Waals surface area contributed by atoms with Crippen LogP contribution in [0, 0.1) is 10.1 Å². The number of nitrogens with one attached hydrogen (secondary N) is 1. The van der Waals surface area contributed by atoms with Crippen molar-refractivity contribution in [2.45, 2.75) is 32.3 Å². The lowest BCUT2D eigenvalue weighted by atomic mass is 9.78. The number of ether oxygens (including phenoxy) is 1. The molecule has 0 aliphatic heterocycles. The average molecular weight is 483 g/mol. The van der Waals surface area contributed by atoms with Crippen LogP contribution in [0.2, 0.25) is 0 Å². The summed E-state index contributed by atoms with van der Waals surface area (Å²) in [5.41, 5.74) is 2.56. The zero-order chi connectivity index (χ0) is 22.6. The third kappa shape index (κ3) is 5.30. The quantitative estimate of drug-likeness (QED) is 0.326. The van der Waals surface area contributed by atoms with Gasteiger partial charge in [-0.05, 0) is 52.2 Å². The predicted molar refractivity (Wildman–Crippen MR) is 125 cm³/mol. The van der Waals surface area contributed by atoms with E-state index in [0.29, 0.717) is 15.9 Å². The number of nitro groups is 1. The summed E-state index contributed by atoms with van der Waals surface area (Å²) < 4.78 is 6.21. The van der Waals surface area contributed by atoms with Crippen molar-refractivity contribution in [3.05, 3.63) is 98.5 Å². The SMILES string of the molecule is CC(Oc1ccc(C(C)(C)c2ccccc2)cc1)C(=O)Nc1ccc([N+](=O)[O-])cc1Br. The summed E-state index contributed by atoms with van der Waals surface area (Å²) in [6.07, 6.45) is -0.755. The molecule has 3 rings (SSSR count). The number of rotatable bonds is 7. The van der Waals surface area contributed by atoms with Crippen LogP contribution in [0.15, 0.2) is 77.3 Å². The first-order valence-electron chi connectivity index (χ1n) is 9.76. The van der Waals surface area contributed by atoms with E-state index >= 15 is 0 Å². The first-order valence-corrected chi connectivity index (χ1v) is 10.6. The molecular weight excluding hydrogens is 460 g/mol. The van der Waals surface area contributed by atoms with Crippen LogP contribution < -0.4 is 10.1 Å². The molecule has 7 heteroatoms. The number of hydrogen-bond acceptors (Lipinski definition) is 4. The highest BCUT2D eigenvalue weighted by Crippen LogP contribution is 2.32. The Morgan fingerprint density at radius 3 is 2.23 bits per heavy atom. The molecule has 160 valence electrons. The Labute approximate surface area is 189 Å². The molecular formula is C24H23BrN2O4. The van der Waals surface area contributed by atoms with Crippen molar-refractivity contribution >= 4 is 33.2 Å². The molecule has 0 aliphatic carbocycles. The summed E-state index contributed by atoms with van der Waals surface area (Å²) in [4.78, 5) is 22.9. The van der Waals surface area contributed by atoms with Gasteiger partial charge < -0.3 is 10.1 Å². The van der Waals surface area contributed by atoms with E-state index in [0.717, 1.165) is 5.56 Å². The summed E-state index contributed by atoms with van der Waals surface area (Å²) >= 11 is 3.25. The second-order valence-electron chi connectivity index (χ2n) is 7.69. The van der Waals surface area contributed by atoms with Crippen LogP contribution in [-0.4, -0.2) is 16.9 Å². The molecule has 1 atom stereocenters. The predicted octanol–water partition coefficient (Wildman–Crippen LogP) is 6.09. The van der Waals surface area contributed by atoms with E-state index in [4.69, 9.17) is 4.74 Å². The summed E-state index contributed by atoms with van der Waals surface area (Å²) in [7, 11) is 0. The molecule has 0 bridgehead atoms. The Balaban J connectivity index is 1.66. The molecule has 0 saturated heterocycles. The smallest absolute Gasteiger partial charge is 0.270 e. The molecule has 6 nitrogen and oxygen atoms in total. The highest BCUT2D eigenvalue weighted by atomic mass is 79.9. The number of nitro benzene ring substituents is 1.